The Morgan fingerprint density at radius 3 is 2.64 bits per heavy atom. The lowest BCUT2D eigenvalue weighted by atomic mass is 9.91. The third kappa shape index (κ3) is 2.86. The maximum atomic E-state index is 13.5. The van der Waals surface area contributed by atoms with E-state index in [9.17, 15) is 4.39 Å². The molecule has 2 nitrogen and oxygen atoms in total. The topological polar surface area (TPSA) is 12.5 Å². The molecule has 1 atom stereocenters. The highest BCUT2D eigenvalue weighted by Crippen LogP contribution is 2.47. The van der Waals surface area contributed by atoms with Gasteiger partial charge in [-0.2, -0.15) is 0 Å². The van der Waals surface area contributed by atoms with Gasteiger partial charge in [-0.3, -0.25) is 0 Å². The van der Waals surface area contributed by atoms with Gasteiger partial charge in [0.2, 0.25) is 0 Å². The van der Waals surface area contributed by atoms with Gasteiger partial charge >= 0.3 is 0 Å². The summed E-state index contributed by atoms with van der Waals surface area (Å²) in [5, 5.41) is 0. The Hall–Kier alpha value is -1.87. The number of ether oxygens (including phenoxy) is 1. The summed E-state index contributed by atoms with van der Waals surface area (Å²) < 4.78 is 18.9. The summed E-state index contributed by atoms with van der Waals surface area (Å²) in [5.41, 5.74) is 3.27. The van der Waals surface area contributed by atoms with Crippen molar-refractivity contribution in [1.29, 1.82) is 0 Å². The number of hydrogen-bond acceptors (Lipinski definition) is 2. The van der Waals surface area contributed by atoms with Crippen LogP contribution in [-0.4, -0.2) is 26.1 Å². The summed E-state index contributed by atoms with van der Waals surface area (Å²) in [5.74, 6) is 0.979. The molecule has 0 spiro atoms. The molecule has 0 amide bonds. The van der Waals surface area contributed by atoms with Crippen molar-refractivity contribution < 1.29 is 9.13 Å². The molecule has 1 saturated carbocycles. The van der Waals surface area contributed by atoms with Crippen LogP contribution in [0.3, 0.4) is 0 Å². The van der Waals surface area contributed by atoms with Crippen molar-refractivity contribution in [1.82, 2.24) is 4.90 Å². The lowest BCUT2D eigenvalue weighted by Crippen LogP contribution is -2.22. The van der Waals surface area contributed by atoms with E-state index in [0.29, 0.717) is 17.7 Å². The van der Waals surface area contributed by atoms with Gasteiger partial charge in [0.15, 0.2) is 0 Å². The molecule has 0 N–H and O–H groups in total. The fourth-order valence-corrected chi connectivity index (χ4v) is 3.19. The van der Waals surface area contributed by atoms with Crippen LogP contribution in [0.15, 0.2) is 36.4 Å². The minimum absolute atomic E-state index is 0.281. The van der Waals surface area contributed by atoms with Crippen LogP contribution in [-0.2, 0) is 0 Å². The molecule has 0 aliphatic heterocycles. The van der Waals surface area contributed by atoms with Gasteiger partial charge in [-0.1, -0.05) is 12.1 Å². The van der Waals surface area contributed by atoms with Crippen LogP contribution < -0.4 is 4.74 Å². The Labute approximate surface area is 131 Å². The van der Waals surface area contributed by atoms with Crippen molar-refractivity contribution >= 4 is 0 Å². The van der Waals surface area contributed by atoms with Crippen molar-refractivity contribution in [2.45, 2.75) is 18.9 Å². The van der Waals surface area contributed by atoms with Crippen LogP contribution in [0.4, 0.5) is 4.39 Å². The van der Waals surface area contributed by atoms with Gasteiger partial charge in [0.1, 0.15) is 11.6 Å². The Balaban J connectivity index is 2.12. The Morgan fingerprint density at radius 2 is 2.00 bits per heavy atom. The predicted octanol–water partition coefficient (Wildman–Crippen LogP) is 4.31. The summed E-state index contributed by atoms with van der Waals surface area (Å²) in [6, 6.07) is 14.3. The van der Waals surface area contributed by atoms with Gasteiger partial charge in [0.25, 0.3) is 0 Å². The minimum atomic E-state index is -0.281. The molecule has 3 heteroatoms. The highest BCUT2D eigenvalue weighted by Gasteiger charge is 2.35. The molecular weight excluding hydrogens is 277 g/mol. The smallest absolute Gasteiger partial charge is 0.129 e. The van der Waals surface area contributed by atoms with E-state index in [4.69, 9.17) is 4.74 Å². The minimum Gasteiger partial charge on any atom is -0.496 e. The molecule has 115 valence electrons. The van der Waals surface area contributed by atoms with E-state index in [1.165, 1.54) is 30.5 Å². The van der Waals surface area contributed by atoms with Crippen LogP contribution in [0, 0.1) is 17.8 Å². The highest BCUT2D eigenvalue weighted by molar-refractivity contribution is 5.74. The highest BCUT2D eigenvalue weighted by atomic mass is 19.1. The molecule has 0 aromatic heterocycles. The zero-order chi connectivity index (χ0) is 15.7. The van der Waals surface area contributed by atoms with E-state index in [1.807, 2.05) is 12.1 Å². The Morgan fingerprint density at radius 1 is 1.23 bits per heavy atom. The zero-order valence-electron chi connectivity index (χ0n) is 13.3. The summed E-state index contributed by atoms with van der Waals surface area (Å²) in [6.45, 7) is 0. The molecule has 22 heavy (non-hydrogen) atoms. The Bertz CT molecular complexity index is 662. The van der Waals surface area contributed by atoms with Crippen molar-refractivity contribution in [2.75, 3.05) is 21.2 Å². The van der Waals surface area contributed by atoms with Gasteiger partial charge < -0.3 is 9.64 Å². The standard InChI is InChI=1S/C19H21FNO/c1-21(2)19(13-8-9-13)17-7-5-4-6-15(17)16-11-10-14(20)12-18(16)22-3/h4,6-7,10-13,19H,8-9H2,1-3H3. The monoisotopic (exact) mass is 298 g/mol. The SMILES string of the molecule is COc1cc(F)ccc1-c1cc[c]cc1C(C1CC1)N(C)C. The first-order valence-corrected chi connectivity index (χ1v) is 7.62. The van der Waals surface area contributed by atoms with Crippen molar-refractivity contribution in [3.8, 4) is 16.9 Å². The number of benzene rings is 2. The fraction of sp³-hybridized carbons (Fsp3) is 0.368. The van der Waals surface area contributed by atoms with Crippen molar-refractivity contribution in [3.63, 3.8) is 0 Å². The average Bonchev–Trinajstić information content (AvgIpc) is 3.32. The summed E-state index contributed by atoms with van der Waals surface area (Å²) in [6.07, 6.45) is 2.52. The lowest BCUT2D eigenvalue weighted by Gasteiger charge is -2.27. The van der Waals surface area contributed by atoms with Gasteiger partial charge in [-0.25, -0.2) is 4.39 Å². The van der Waals surface area contributed by atoms with E-state index in [0.717, 1.165) is 11.1 Å². The number of rotatable bonds is 5. The molecule has 1 radical (unpaired) electrons. The van der Waals surface area contributed by atoms with Crippen LogP contribution >= 0.6 is 0 Å². The molecule has 1 aliphatic carbocycles. The van der Waals surface area contributed by atoms with Crippen LogP contribution in [0.2, 0.25) is 0 Å². The second-order valence-electron chi connectivity index (χ2n) is 6.10. The second-order valence-corrected chi connectivity index (χ2v) is 6.10. The molecule has 0 saturated heterocycles. The number of hydrogen-bond donors (Lipinski definition) is 0. The van der Waals surface area contributed by atoms with Crippen molar-refractivity contribution in [3.05, 3.63) is 53.8 Å². The molecule has 0 heterocycles. The van der Waals surface area contributed by atoms with E-state index >= 15 is 0 Å². The van der Waals surface area contributed by atoms with Crippen LogP contribution in [0.5, 0.6) is 5.75 Å². The number of nitrogens with zero attached hydrogens (tertiary/aromatic N) is 1. The first kappa shape index (κ1) is 15.0. The molecule has 1 fully saturated rings. The first-order chi connectivity index (χ1) is 10.6. The molecule has 2 aromatic rings. The zero-order valence-corrected chi connectivity index (χ0v) is 13.3. The molecule has 1 unspecified atom stereocenters. The van der Waals surface area contributed by atoms with E-state index in [1.54, 1.807) is 13.2 Å². The molecule has 0 bridgehead atoms. The molecule has 3 rings (SSSR count). The van der Waals surface area contributed by atoms with Gasteiger partial charge in [0, 0.05) is 17.7 Å². The summed E-state index contributed by atoms with van der Waals surface area (Å²) in [4.78, 5) is 2.26. The summed E-state index contributed by atoms with van der Waals surface area (Å²) >= 11 is 0. The third-order valence-electron chi connectivity index (χ3n) is 4.29. The Kier molecular flexibility index (Phi) is 4.16. The quantitative estimate of drug-likeness (QED) is 0.815. The molecular formula is C19H21FNO. The van der Waals surface area contributed by atoms with Crippen LogP contribution in [0.25, 0.3) is 11.1 Å². The molecule has 2 aromatic carbocycles. The maximum Gasteiger partial charge on any atom is 0.129 e. The van der Waals surface area contributed by atoms with Gasteiger partial charge in [-0.15, -0.1) is 0 Å². The third-order valence-corrected chi connectivity index (χ3v) is 4.29. The van der Waals surface area contributed by atoms with E-state index in [2.05, 4.69) is 31.1 Å². The maximum absolute atomic E-state index is 13.5. The predicted molar refractivity (Wildman–Crippen MR) is 86.4 cm³/mol. The largest absolute Gasteiger partial charge is 0.496 e. The van der Waals surface area contributed by atoms with E-state index < -0.39 is 0 Å². The second kappa shape index (κ2) is 6.09. The number of halogens is 1. The lowest BCUT2D eigenvalue weighted by molar-refractivity contribution is 0.270. The van der Waals surface area contributed by atoms with Gasteiger partial charge in [0.05, 0.1) is 7.11 Å². The average molecular weight is 298 g/mol. The van der Waals surface area contributed by atoms with E-state index in [-0.39, 0.29) is 5.82 Å². The van der Waals surface area contributed by atoms with Crippen molar-refractivity contribution in [2.24, 2.45) is 5.92 Å². The fourth-order valence-electron chi connectivity index (χ4n) is 3.19. The summed E-state index contributed by atoms with van der Waals surface area (Å²) in [7, 11) is 5.81. The number of methoxy groups -OCH3 is 1. The molecule has 1 aliphatic rings. The normalized spacial score (nSPS) is 15.9. The van der Waals surface area contributed by atoms with Gasteiger partial charge in [-0.05, 0) is 68.2 Å². The van der Waals surface area contributed by atoms with Crippen LogP contribution in [0.1, 0.15) is 24.4 Å². The first-order valence-electron chi connectivity index (χ1n) is 7.62.